The summed E-state index contributed by atoms with van der Waals surface area (Å²) in [4.78, 5) is 30.6. The molecule has 0 saturated heterocycles. The molecule has 1 amide bonds. The van der Waals surface area contributed by atoms with Crippen LogP contribution in [-0.2, 0) is 24.4 Å². The van der Waals surface area contributed by atoms with Gasteiger partial charge in [0.05, 0.1) is 5.52 Å². The van der Waals surface area contributed by atoms with E-state index in [-0.39, 0.29) is 18.0 Å². The summed E-state index contributed by atoms with van der Waals surface area (Å²) in [7, 11) is 0. The molecule has 3 aromatic rings. The number of hydrogen-bond acceptors (Lipinski definition) is 4. The van der Waals surface area contributed by atoms with E-state index in [2.05, 4.69) is 50.1 Å². The van der Waals surface area contributed by atoms with Crippen molar-refractivity contribution in [2.75, 3.05) is 6.26 Å². The van der Waals surface area contributed by atoms with E-state index in [0.29, 0.717) is 35.2 Å². The quantitative estimate of drug-likeness (QED) is 0.461. The summed E-state index contributed by atoms with van der Waals surface area (Å²) in [5.41, 5.74) is 5.39. The minimum absolute atomic E-state index is 0.0897. The number of nitrogens with zero attached hydrogens (tertiary/aromatic N) is 3. The Morgan fingerprint density at radius 3 is 2.50 bits per heavy atom. The molecule has 0 atom stereocenters. The van der Waals surface area contributed by atoms with Crippen molar-refractivity contribution in [2.45, 2.75) is 59.4 Å². The van der Waals surface area contributed by atoms with E-state index in [1.807, 2.05) is 25.3 Å². The lowest BCUT2D eigenvalue weighted by molar-refractivity contribution is -0.121. The molecule has 30 heavy (non-hydrogen) atoms. The maximum absolute atomic E-state index is 13.3. The smallest absolute Gasteiger partial charge is 0.278 e. The molecule has 3 rings (SSSR count). The van der Waals surface area contributed by atoms with Crippen LogP contribution in [-0.4, -0.2) is 26.3 Å². The third-order valence-electron chi connectivity index (χ3n) is 5.27. The second-order valence-corrected chi connectivity index (χ2v) is 8.98. The van der Waals surface area contributed by atoms with Gasteiger partial charge in [0, 0.05) is 18.8 Å². The van der Waals surface area contributed by atoms with Crippen molar-refractivity contribution in [3.8, 4) is 0 Å². The first-order valence-corrected chi connectivity index (χ1v) is 11.4. The van der Waals surface area contributed by atoms with Gasteiger partial charge in [-0.25, -0.2) is 4.98 Å². The summed E-state index contributed by atoms with van der Waals surface area (Å²) in [6, 6.07) is 8.06. The Morgan fingerprint density at radius 2 is 1.87 bits per heavy atom. The molecule has 160 valence electrons. The van der Waals surface area contributed by atoms with E-state index >= 15 is 0 Å². The van der Waals surface area contributed by atoms with Gasteiger partial charge in [-0.3, -0.25) is 14.2 Å². The predicted octanol–water partition coefficient (Wildman–Crippen LogP) is 3.82. The summed E-state index contributed by atoms with van der Waals surface area (Å²) < 4.78 is 3.50. The van der Waals surface area contributed by atoms with Crippen molar-refractivity contribution < 1.29 is 4.79 Å². The average molecular weight is 427 g/mol. The highest BCUT2D eigenvalue weighted by molar-refractivity contribution is 7.98. The van der Waals surface area contributed by atoms with Gasteiger partial charge in [-0.15, -0.1) is 0 Å². The van der Waals surface area contributed by atoms with Crippen LogP contribution in [0.4, 0.5) is 0 Å². The number of rotatable bonds is 7. The van der Waals surface area contributed by atoms with Crippen LogP contribution in [0.2, 0.25) is 0 Å². The van der Waals surface area contributed by atoms with E-state index in [0.717, 1.165) is 11.3 Å². The number of carbonyl (C=O) groups is 1. The lowest BCUT2D eigenvalue weighted by Crippen LogP contribution is -2.30. The lowest BCUT2D eigenvalue weighted by atomic mass is 10.1. The number of fused-ring (bicyclic) bond motifs is 1. The minimum atomic E-state index is -0.127. The molecule has 6 nitrogen and oxygen atoms in total. The van der Waals surface area contributed by atoms with Crippen molar-refractivity contribution in [1.82, 2.24) is 19.4 Å². The molecule has 0 aliphatic heterocycles. The van der Waals surface area contributed by atoms with Crippen LogP contribution in [0.1, 0.15) is 36.2 Å². The molecule has 2 aromatic heterocycles. The summed E-state index contributed by atoms with van der Waals surface area (Å²) in [5, 5.41) is 3.68. The zero-order valence-corrected chi connectivity index (χ0v) is 19.4. The largest absolute Gasteiger partial charge is 0.350 e. The number of thioether (sulfide) groups is 1. The van der Waals surface area contributed by atoms with Crippen LogP contribution in [0.3, 0.4) is 0 Å². The third kappa shape index (κ3) is 4.61. The van der Waals surface area contributed by atoms with Crippen LogP contribution >= 0.6 is 11.8 Å². The fraction of sp³-hybridized carbons (Fsp3) is 0.435. The molecular weight excluding hydrogens is 396 g/mol. The van der Waals surface area contributed by atoms with E-state index < -0.39 is 0 Å². The van der Waals surface area contributed by atoms with Crippen molar-refractivity contribution >= 4 is 28.7 Å². The lowest BCUT2D eigenvalue weighted by Gasteiger charge is -2.14. The minimum Gasteiger partial charge on any atom is -0.350 e. The molecule has 0 saturated carbocycles. The number of hydrogen-bond donors (Lipinski definition) is 1. The van der Waals surface area contributed by atoms with Crippen LogP contribution in [0, 0.1) is 26.7 Å². The number of benzene rings is 1. The Kier molecular flexibility index (Phi) is 6.71. The number of nitrogens with one attached hydrogen (secondary N) is 1. The first-order chi connectivity index (χ1) is 14.2. The topological polar surface area (TPSA) is 68.9 Å². The summed E-state index contributed by atoms with van der Waals surface area (Å²) in [6.45, 7) is 11.3. The number of amides is 1. The van der Waals surface area contributed by atoms with Crippen molar-refractivity contribution in [3.05, 3.63) is 57.0 Å². The number of aryl methyl sites for hydroxylation is 3. The predicted molar refractivity (Wildman–Crippen MR) is 123 cm³/mol. The number of aromatic nitrogens is 3. The van der Waals surface area contributed by atoms with Gasteiger partial charge in [0.2, 0.25) is 5.91 Å². The van der Waals surface area contributed by atoms with Crippen molar-refractivity contribution in [3.63, 3.8) is 0 Å². The van der Waals surface area contributed by atoms with Gasteiger partial charge in [0.1, 0.15) is 12.1 Å². The molecule has 1 N–H and O–H groups in total. The standard InChI is InChI=1S/C23H30N4O2S/c1-14(2)12-27-22(29)21-19(25-23(27)30-6)10-17(5)26(21)13-20(28)24-11-18-8-7-15(3)16(4)9-18/h7-10,14H,11-13H2,1-6H3,(H,24,28). The normalized spacial score (nSPS) is 11.4. The first-order valence-electron chi connectivity index (χ1n) is 10.2. The van der Waals surface area contributed by atoms with Gasteiger partial charge in [0.25, 0.3) is 5.56 Å². The monoisotopic (exact) mass is 426 g/mol. The van der Waals surface area contributed by atoms with E-state index in [4.69, 9.17) is 0 Å². The van der Waals surface area contributed by atoms with Gasteiger partial charge in [-0.2, -0.15) is 0 Å². The second-order valence-electron chi connectivity index (χ2n) is 8.21. The zero-order valence-electron chi connectivity index (χ0n) is 18.6. The molecule has 0 spiro atoms. The molecule has 0 fully saturated rings. The number of carbonyl (C=O) groups excluding carboxylic acids is 1. The molecular formula is C23H30N4O2S. The molecule has 0 bridgehead atoms. The molecule has 0 unspecified atom stereocenters. The Hall–Kier alpha value is -2.54. The third-order valence-corrected chi connectivity index (χ3v) is 5.95. The van der Waals surface area contributed by atoms with Crippen molar-refractivity contribution in [2.24, 2.45) is 5.92 Å². The Morgan fingerprint density at radius 1 is 1.13 bits per heavy atom. The SMILES string of the molecule is CSc1nc2cc(C)n(CC(=O)NCc3ccc(C)c(C)c3)c2c(=O)n1CC(C)C. The average Bonchev–Trinajstić information content (AvgIpc) is 2.99. The van der Waals surface area contributed by atoms with Crippen LogP contribution in [0.15, 0.2) is 34.2 Å². The van der Waals surface area contributed by atoms with Gasteiger partial charge in [0.15, 0.2) is 5.16 Å². The second kappa shape index (κ2) is 9.08. The Balaban J connectivity index is 1.87. The van der Waals surface area contributed by atoms with Gasteiger partial charge in [-0.05, 0) is 55.7 Å². The Bertz CT molecular complexity index is 1140. The maximum atomic E-state index is 13.3. The molecule has 0 aliphatic rings. The zero-order chi connectivity index (χ0) is 22.0. The van der Waals surface area contributed by atoms with Gasteiger partial charge < -0.3 is 9.88 Å². The van der Waals surface area contributed by atoms with Crippen LogP contribution in [0.25, 0.3) is 11.0 Å². The van der Waals surface area contributed by atoms with E-state index in [9.17, 15) is 9.59 Å². The Labute approximate surface area is 181 Å². The van der Waals surface area contributed by atoms with Gasteiger partial charge >= 0.3 is 0 Å². The molecule has 1 aromatic carbocycles. The highest BCUT2D eigenvalue weighted by Gasteiger charge is 2.18. The summed E-state index contributed by atoms with van der Waals surface area (Å²) >= 11 is 1.47. The van der Waals surface area contributed by atoms with E-state index in [1.54, 1.807) is 9.13 Å². The molecule has 0 radical (unpaired) electrons. The molecule has 0 aliphatic carbocycles. The highest BCUT2D eigenvalue weighted by atomic mass is 32.2. The van der Waals surface area contributed by atoms with Gasteiger partial charge in [-0.1, -0.05) is 43.8 Å². The van der Waals surface area contributed by atoms with Crippen molar-refractivity contribution in [1.29, 1.82) is 0 Å². The fourth-order valence-corrected chi connectivity index (χ4v) is 4.11. The van der Waals surface area contributed by atoms with E-state index in [1.165, 1.54) is 22.9 Å². The maximum Gasteiger partial charge on any atom is 0.278 e. The fourth-order valence-electron chi connectivity index (χ4n) is 3.55. The van der Waals surface area contributed by atoms with Crippen LogP contribution < -0.4 is 10.9 Å². The highest BCUT2D eigenvalue weighted by Crippen LogP contribution is 2.20. The molecule has 7 heteroatoms. The summed E-state index contributed by atoms with van der Waals surface area (Å²) in [6.07, 6.45) is 1.93. The molecule has 2 heterocycles. The summed E-state index contributed by atoms with van der Waals surface area (Å²) in [5.74, 6) is 0.191. The first kappa shape index (κ1) is 22.2. The van der Waals surface area contributed by atoms with Crippen LogP contribution in [0.5, 0.6) is 0 Å².